The minimum absolute atomic E-state index is 0.126. The van der Waals surface area contributed by atoms with Crippen LogP contribution in [0.25, 0.3) is 0 Å². The molecule has 2 aliphatic rings. The molecule has 8 nitrogen and oxygen atoms in total. The molecule has 2 aliphatic heterocycles. The molecule has 1 aromatic carbocycles. The van der Waals surface area contributed by atoms with Crippen LogP contribution in [0.4, 0.5) is 4.79 Å². The van der Waals surface area contributed by atoms with E-state index in [1.54, 1.807) is 23.0 Å². The summed E-state index contributed by atoms with van der Waals surface area (Å²) in [6.07, 6.45) is 3.68. The Morgan fingerprint density at radius 2 is 2.00 bits per heavy atom. The van der Waals surface area contributed by atoms with Gasteiger partial charge in [-0.2, -0.15) is 0 Å². The van der Waals surface area contributed by atoms with Crippen LogP contribution in [-0.2, 0) is 22.7 Å². The summed E-state index contributed by atoms with van der Waals surface area (Å²) in [6, 6.07) is 15.3. The Morgan fingerprint density at radius 3 is 2.77 bits per heavy atom. The van der Waals surface area contributed by atoms with E-state index in [0.717, 1.165) is 24.1 Å². The zero-order chi connectivity index (χ0) is 21.7. The number of oxime groups is 1. The minimum atomic E-state index is -0.626. The molecule has 8 heteroatoms. The second kappa shape index (κ2) is 9.16. The van der Waals surface area contributed by atoms with Crippen molar-refractivity contribution in [1.82, 2.24) is 20.1 Å². The molecule has 1 aromatic heterocycles. The number of hydrogen-bond acceptors (Lipinski definition) is 5. The average Bonchev–Trinajstić information content (AvgIpc) is 3.21. The maximum atomic E-state index is 12.8. The van der Waals surface area contributed by atoms with Gasteiger partial charge in [0.1, 0.15) is 5.71 Å². The molecular formula is C23H27N5O3. The number of hydrogen-bond donors (Lipinski definition) is 1. The van der Waals surface area contributed by atoms with Gasteiger partial charge < -0.3 is 20.0 Å². The Hall–Kier alpha value is -3.42. The van der Waals surface area contributed by atoms with Crippen molar-refractivity contribution in [2.24, 2.45) is 5.16 Å². The lowest BCUT2D eigenvalue weighted by Crippen LogP contribution is -2.53. The maximum Gasteiger partial charge on any atom is 0.317 e. The van der Waals surface area contributed by atoms with Gasteiger partial charge >= 0.3 is 6.03 Å². The molecule has 0 saturated carbocycles. The lowest BCUT2D eigenvalue weighted by Gasteiger charge is -2.38. The van der Waals surface area contributed by atoms with Crippen molar-refractivity contribution in [2.45, 2.75) is 38.0 Å². The first-order chi connectivity index (χ1) is 15.0. The van der Waals surface area contributed by atoms with Crippen molar-refractivity contribution >= 4 is 17.6 Å². The van der Waals surface area contributed by atoms with Gasteiger partial charge in [-0.05, 0) is 30.5 Å². The Bertz CT molecular complexity index is 950. The molecule has 1 fully saturated rings. The number of likely N-dealkylation sites (tertiary alicyclic amines) is 1. The summed E-state index contributed by atoms with van der Waals surface area (Å²) in [5.41, 5.74) is 1.63. The molecule has 3 heterocycles. The summed E-state index contributed by atoms with van der Waals surface area (Å²) in [5, 5.41) is 7.08. The Labute approximate surface area is 181 Å². The van der Waals surface area contributed by atoms with E-state index in [1.165, 1.54) is 0 Å². The van der Waals surface area contributed by atoms with Crippen LogP contribution < -0.4 is 5.32 Å². The van der Waals surface area contributed by atoms with Crippen LogP contribution in [0, 0.1) is 0 Å². The molecule has 31 heavy (non-hydrogen) atoms. The highest BCUT2D eigenvalue weighted by molar-refractivity contribution is 6.39. The number of urea groups is 1. The molecule has 1 N–H and O–H groups in total. The van der Waals surface area contributed by atoms with Crippen LogP contribution in [0.15, 0.2) is 59.9 Å². The normalized spacial score (nSPS) is 20.2. The van der Waals surface area contributed by atoms with E-state index in [4.69, 9.17) is 4.84 Å². The fraction of sp³-hybridized carbons (Fsp3) is 0.391. The zero-order valence-corrected chi connectivity index (χ0v) is 17.7. The highest BCUT2D eigenvalue weighted by Gasteiger charge is 2.46. The predicted octanol–water partition coefficient (Wildman–Crippen LogP) is 2.56. The van der Waals surface area contributed by atoms with Crippen molar-refractivity contribution in [3.8, 4) is 0 Å². The smallest absolute Gasteiger partial charge is 0.317 e. The molecule has 0 radical (unpaired) electrons. The second-order valence-electron chi connectivity index (χ2n) is 8.14. The van der Waals surface area contributed by atoms with E-state index in [0.29, 0.717) is 38.3 Å². The Balaban J connectivity index is 1.32. The molecule has 1 atom stereocenters. The molecular weight excluding hydrogens is 394 g/mol. The van der Waals surface area contributed by atoms with Crippen LogP contribution in [0.1, 0.15) is 30.5 Å². The van der Waals surface area contributed by atoms with Gasteiger partial charge in [0.2, 0.25) is 0 Å². The molecule has 2 aromatic rings. The standard InChI is InChI=1S/C23H27N5O3/c1-27(16-19-10-5-6-12-24-19)21(29)20-14-23(31-26-20)11-7-13-28(17-23)22(30)25-15-18-8-3-2-4-9-18/h2-6,8-10,12H,7,11,13-17H2,1H3,(H,25,30)/t23-/m0/s1. The Kier molecular flexibility index (Phi) is 6.16. The summed E-state index contributed by atoms with van der Waals surface area (Å²) in [7, 11) is 1.73. The van der Waals surface area contributed by atoms with Crippen molar-refractivity contribution in [3.63, 3.8) is 0 Å². The van der Waals surface area contributed by atoms with Crippen LogP contribution >= 0.6 is 0 Å². The first kappa shape index (κ1) is 20.8. The highest BCUT2D eigenvalue weighted by atomic mass is 16.7. The molecule has 162 valence electrons. The van der Waals surface area contributed by atoms with E-state index in [-0.39, 0.29) is 11.9 Å². The average molecular weight is 422 g/mol. The SMILES string of the molecule is CN(Cc1ccccn1)C(=O)C1=NO[C@@]2(CCCN(C(=O)NCc3ccccc3)C2)C1. The van der Waals surface area contributed by atoms with Crippen molar-refractivity contribution in [2.75, 3.05) is 20.1 Å². The molecule has 1 spiro atoms. The first-order valence-corrected chi connectivity index (χ1v) is 10.5. The summed E-state index contributed by atoms with van der Waals surface area (Å²) in [5.74, 6) is -0.173. The number of benzene rings is 1. The van der Waals surface area contributed by atoms with E-state index >= 15 is 0 Å². The predicted molar refractivity (Wildman–Crippen MR) is 116 cm³/mol. The lowest BCUT2D eigenvalue weighted by molar-refractivity contribution is -0.123. The van der Waals surface area contributed by atoms with Gasteiger partial charge in [-0.15, -0.1) is 0 Å². The van der Waals surface area contributed by atoms with Gasteiger partial charge in [-0.3, -0.25) is 9.78 Å². The summed E-state index contributed by atoms with van der Waals surface area (Å²) in [6.45, 7) is 1.95. The number of aromatic nitrogens is 1. The number of piperidine rings is 1. The second-order valence-corrected chi connectivity index (χ2v) is 8.14. The van der Waals surface area contributed by atoms with Crippen molar-refractivity contribution in [3.05, 3.63) is 66.0 Å². The number of nitrogens with zero attached hydrogens (tertiary/aromatic N) is 4. The first-order valence-electron chi connectivity index (χ1n) is 10.5. The molecule has 0 aliphatic carbocycles. The van der Waals surface area contributed by atoms with Gasteiger partial charge in [0.15, 0.2) is 5.60 Å². The third-order valence-corrected chi connectivity index (χ3v) is 5.67. The summed E-state index contributed by atoms with van der Waals surface area (Å²) >= 11 is 0. The summed E-state index contributed by atoms with van der Waals surface area (Å²) in [4.78, 5) is 38.9. The van der Waals surface area contributed by atoms with Gasteiger partial charge in [0, 0.05) is 32.8 Å². The van der Waals surface area contributed by atoms with Crippen LogP contribution in [-0.4, -0.2) is 58.2 Å². The van der Waals surface area contributed by atoms with Crippen LogP contribution in [0.5, 0.6) is 0 Å². The van der Waals surface area contributed by atoms with E-state index in [9.17, 15) is 9.59 Å². The van der Waals surface area contributed by atoms with E-state index < -0.39 is 5.60 Å². The van der Waals surface area contributed by atoms with Gasteiger partial charge in [-0.1, -0.05) is 41.6 Å². The number of carbonyl (C=O) groups excluding carboxylic acids is 2. The van der Waals surface area contributed by atoms with Gasteiger partial charge in [0.05, 0.1) is 18.8 Å². The number of nitrogens with one attached hydrogen (secondary N) is 1. The number of pyridine rings is 1. The largest absolute Gasteiger partial charge is 0.386 e. The molecule has 0 bridgehead atoms. The third kappa shape index (κ3) is 5.02. The van der Waals surface area contributed by atoms with Gasteiger partial charge in [0.25, 0.3) is 5.91 Å². The number of rotatable bonds is 5. The van der Waals surface area contributed by atoms with Crippen LogP contribution in [0.2, 0.25) is 0 Å². The fourth-order valence-electron chi connectivity index (χ4n) is 4.04. The third-order valence-electron chi connectivity index (χ3n) is 5.67. The van der Waals surface area contributed by atoms with Crippen molar-refractivity contribution < 1.29 is 14.4 Å². The van der Waals surface area contributed by atoms with Gasteiger partial charge in [-0.25, -0.2) is 4.79 Å². The maximum absolute atomic E-state index is 12.8. The molecule has 0 unspecified atom stereocenters. The molecule has 3 amide bonds. The van der Waals surface area contributed by atoms with E-state index in [1.807, 2.05) is 48.5 Å². The quantitative estimate of drug-likeness (QED) is 0.804. The highest BCUT2D eigenvalue weighted by Crippen LogP contribution is 2.34. The Morgan fingerprint density at radius 1 is 1.19 bits per heavy atom. The number of amides is 3. The molecule has 4 rings (SSSR count). The topological polar surface area (TPSA) is 87.1 Å². The zero-order valence-electron chi connectivity index (χ0n) is 17.7. The van der Waals surface area contributed by atoms with Crippen molar-refractivity contribution in [1.29, 1.82) is 0 Å². The monoisotopic (exact) mass is 421 g/mol. The fourth-order valence-corrected chi connectivity index (χ4v) is 4.04. The van der Waals surface area contributed by atoms with Crippen LogP contribution in [0.3, 0.4) is 0 Å². The molecule has 1 saturated heterocycles. The lowest BCUT2D eigenvalue weighted by atomic mass is 9.88. The number of carbonyl (C=O) groups is 2. The summed E-state index contributed by atoms with van der Waals surface area (Å²) < 4.78 is 0. The minimum Gasteiger partial charge on any atom is -0.386 e. The van der Waals surface area contributed by atoms with E-state index in [2.05, 4.69) is 15.5 Å².